The Bertz CT molecular complexity index is 917. The molecule has 1 heterocycles. The number of nitrogens with one attached hydrogen (secondary N) is 1. The number of carbonyl (C=O) groups is 1. The number of amides is 1. The highest BCUT2D eigenvalue weighted by molar-refractivity contribution is 7.13. The molecule has 0 bridgehead atoms. The first-order valence-corrected chi connectivity index (χ1v) is 10.6. The minimum Gasteiger partial charge on any atom is -0.494 e. The van der Waals surface area contributed by atoms with Crippen LogP contribution in [0.5, 0.6) is 5.75 Å². The first-order valence-electron chi connectivity index (χ1n) is 9.75. The number of nitrogens with zero attached hydrogens (tertiary/aromatic N) is 1. The Morgan fingerprint density at radius 2 is 1.93 bits per heavy atom. The maximum Gasteiger partial charge on any atom is 0.226 e. The van der Waals surface area contributed by atoms with Crippen molar-refractivity contribution in [3.05, 3.63) is 71.2 Å². The molecule has 1 fully saturated rings. The highest BCUT2D eigenvalue weighted by Gasteiger charge is 2.33. The Morgan fingerprint density at radius 1 is 1.18 bits per heavy atom. The van der Waals surface area contributed by atoms with Crippen LogP contribution in [0, 0.1) is 5.92 Å². The van der Waals surface area contributed by atoms with Crippen LogP contribution in [0.2, 0.25) is 0 Å². The van der Waals surface area contributed by atoms with Gasteiger partial charge in [0.25, 0.3) is 0 Å². The molecule has 1 aromatic heterocycles. The SMILES string of the molecule is CCOc1ccc(-c2nc(CC(=O)NC(c3ccccc3)C3CC3)cs2)cc1. The number of carbonyl (C=O) groups excluding carboxylic acids is 1. The van der Waals surface area contributed by atoms with E-state index in [1.54, 1.807) is 11.3 Å². The first kappa shape index (κ1) is 18.7. The Morgan fingerprint density at radius 3 is 2.61 bits per heavy atom. The molecule has 2 aromatic carbocycles. The van der Waals surface area contributed by atoms with Crippen molar-refractivity contribution in [3.63, 3.8) is 0 Å². The van der Waals surface area contributed by atoms with Crippen molar-refractivity contribution in [2.75, 3.05) is 6.61 Å². The van der Waals surface area contributed by atoms with Crippen molar-refractivity contribution in [3.8, 4) is 16.3 Å². The van der Waals surface area contributed by atoms with Gasteiger partial charge in [0.15, 0.2) is 0 Å². The summed E-state index contributed by atoms with van der Waals surface area (Å²) in [6.45, 7) is 2.62. The monoisotopic (exact) mass is 392 g/mol. The zero-order chi connectivity index (χ0) is 19.3. The second kappa shape index (κ2) is 8.57. The van der Waals surface area contributed by atoms with Crippen molar-refractivity contribution < 1.29 is 9.53 Å². The van der Waals surface area contributed by atoms with Crippen LogP contribution in [0.1, 0.15) is 37.1 Å². The van der Waals surface area contributed by atoms with Gasteiger partial charge < -0.3 is 10.1 Å². The molecular formula is C23H24N2O2S. The van der Waals surface area contributed by atoms with E-state index < -0.39 is 0 Å². The molecule has 1 N–H and O–H groups in total. The minimum absolute atomic E-state index is 0.0318. The third kappa shape index (κ3) is 4.60. The van der Waals surface area contributed by atoms with Gasteiger partial charge in [0, 0.05) is 10.9 Å². The number of rotatable bonds is 8. The summed E-state index contributed by atoms with van der Waals surface area (Å²) >= 11 is 1.57. The van der Waals surface area contributed by atoms with Crippen molar-refractivity contribution >= 4 is 17.2 Å². The van der Waals surface area contributed by atoms with Crippen LogP contribution >= 0.6 is 11.3 Å². The van der Waals surface area contributed by atoms with Gasteiger partial charge in [-0.3, -0.25) is 4.79 Å². The second-order valence-corrected chi connectivity index (χ2v) is 7.93. The second-order valence-electron chi connectivity index (χ2n) is 7.07. The van der Waals surface area contributed by atoms with E-state index in [2.05, 4.69) is 22.4 Å². The van der Waals surface area contributed by atoms with E-state index in [1.165, 1.54) is 18.4 Å². The lowest BCUT2D eigenvalue weighted by Crippen LogP contribution is -2.31. The summed E-state index contributed by atoms with van der Waals surface area (Å²) in [5.74, 6) is 1.44. The lowest BCUT2D eigenvalue weighted by Gasteiger charge is -2.18. The molecule has 4 nitrogen and oxygen atoms in total. The smallest absolute Gasteiger partial charge is 0.226 e. The molecule has 0 radical (unpaired) electrons. The number of ether oxygens (including phenoxy) is 1. The van der Waals surface area contributed by atoms with Gasteiger partial charge in [-0.2, -0.15) is 0 Å². The van der Waals surface area contributed by atoms with Crippen molar-refractivity contribution in [2.24, 2.45) is 5.92 Å². The summed E-state index contributed by atoms with van der Waals surface area (Å²) in [7, 11) is 0. The molecule has 5 heteroatoms. The molecule has 0 aliphatic heterocycles. The summed E-state index contributed by atoms with van der Waals surface area (Å²) in [5, 5.41) is 6.12. The van der Waals surface area contributed by atoms with Crippen LogP contribution in [0.15, 0.2) is 60.0 Å². The van der Waals surface area contributed by atoms with E-state index in [0.717, 1.165) is 22.0 Å². The quantitative estimate of drug-likeness (QED) is 0.586. The van der Waals surface area contributed by atoms with Crippen molar-refractivity contribution in [2.45, 2.75) is 32.2 Å². The van der Waals surface area contributed by atoms with E-state index >= 15 is 0 Å². The average molecular weight is 393 g/mol. The van der Waals surface area contributed by atoms with Gasteiger partial charge in [-0.1, -0.05) is 30.3 Å². The predicted octanol–water partition coefficient (Wildman–Crippen LogP) is 5.02. The fraction of sp³-hybridized carbons (Fsp3) is 0.304. The maximum atomic E-state index is 12.6. The largest absolute Gasteiger partial charge is 0.494 e. The van der Waals surface area contributed by atoms with Crippen LogP contribution in [-0.2, 0) is 11.2 Å². The summed E-state index contributed by atoms with van der Waals surface area (Å²) in [4.78, 5) is 17.3. The van der Waals surface area contributed by atoms with E-state index in [1.807, 2.05) is 54.8 Å². The van der Waals surface area contributed by atoms with Gasteiger partial charge in [-0.25, -0.2) is 4.98 Å². The molecular weight excluding hydrogens is 368 g/mol. The lowest BCUT2D eigenvalue weighted by atomic mass is 10.0. The molecule has 0 saturated heterocycles. The molecule has 1 aliphatic rings. The molecule has 4 rings (SSSR count). The van der Waals surface area contributed by atoms with Gasteiger partial charge in [0.1, 0.15) is 10.8 Å². The summed E-state index contributed by atoms with van der Waals surface area (Å²) in [6, 6.07) is 18.3. The lowest BCUT2D eigenvalue weighted by molar-refractivity contribution is -0.121. The first-order chi connectivity index (χ1) is 13.7. The third-order valence-electron chi connectivity index (χ3n) is 4.87. The molecule has 1 aliphatic carbocycles. The molecule has 1 atom stereocenters. The fourth-order valence-electron chi connectivity index (χ4n) is 3.33. The Labute approximate surface area is 169 Å². The minimum atomic E-state index is 0.0318. The molecule has 144 valence electrons. The van der Waals surface area contributed by atoms with Crippen LogP contribution in [-0.4, -0.2) is 17.5 Å². The van der Waals surface area contributed by atoms with E-state index in [0.29, 0.717) is 18.9 Å². The number of aromatic nitrogens is 1. The van der Waals surface area contributed by atoms with E-state index in [4.69, 9.17) is 4.74 Å². The summed E-state index contributed by atoms with van der Waals surface area (Å²) in [6.07, 6.45) is 2.67. The maximum absolute atomic E-state index is 12.6. The van der Waals surface area contributed by atoms with Gasteiger partial charge in [-0.15, -0.1) is 11.3 Å². The highest BCUT2D eigenvalue weighted by atomic mass is 32.1. The summed E-state index contributed by atoms with van der Waals surface area (Å²) < 4.78 is 5.48. The van der Waals surface area contributed by atoms with Crippen LogP contribution < -0.4 is 10.1 Å². The fourth-order valence-corrected chi connectivity index (χ4v) is 4.16. The van der Waals surface area contributed by atoms with E-state index in [9.17, 15) is 4.79 Å². The molecule has 1 amide bonds. The third-order valence-corrected chi connectivity index (χ3v) is 5.81. The highest BCUT2D eigenvalue weighted by Crippen LogP contribution is 2.41. The molecule has 28 heavy (non-hydrogen) atoms. The predicted molar refractivity (Wildman–Crippen MR) is 112 cm³/mol. The zero-order valence-corrected chi connectivity index (χ0v) is 16.7. The van der Waals surface area contributed by atoms with Gasteiger partial charge >= 0.3 is 0 Å². The van der Waals surface area contributed by atoms with E-state index in [-0.39, 0.29) is 11.9 Å². The van der Waals surface area contributed by atoms with Crippen molar-refractivity contribution in [1.82, 2.24) is 10.3 Å². The molecule has 1 unspecified atom stereocenters. The Kier molecular flexibility index (Phi) is 5.72. The van der Waals surface area contributed by atoms with Gasteiger partial charge in [-0.05, 0) is 55.5 Å². The summed E-state index contributed by atoms with van der Waals surface area (Å²) in [5.41, 5.74) is 3.04. The van der Waals surface area contributed by atoms with Crippen molar-refractivity contribution in [1.29, 1.82) is 0 Å². The number of benzene rings is 2. The standard InChI is InChI=1S/C23H24N2O2S/c1-2-27-20-12-10-18(11-13-20)23-24-19(15-28-23)14-21(26)25-22(17-8-9-17)16-6-4-3-5-7-16/h3-7,10-13,15,17,22H,2,8-9,14H2,1H3,(H,25,26). The van der Waals surface area contributed by atoms with Crippen LogP contribution in [0.4, 0.5) is 0 Å². The van der Waals surface area contributed by atoms with Gasteiger partial charge in [0.2, 0.25) is 5.91 Å². The zero-order valence-electron chi connectivity index (χ0n) is 15.9. The van der Waals surface area contributed by atoms with Crippen LogP contribution in [0.3, 0.4) is 0 Å². The Balaban J connectivity index is 1.40. The molecule has 0 spiro atoms. The van der Waals surface area contributed by atoms with Gasteiger partial charge in [0.05, 0.1) is 24.8 Å². The molecule has 3 aromatic rings. The Hall–Kier alpha value is -2.66. The molecule has 1 saturated carbocycles. The topological polar surface area (TPSA) is 51.2 Å². The number of thiazole rings is 1. The normalized spacial score (nSPS) is 14.5. The number of hydrogen-bond donors (Lipinski definition) is 1. The van der Waals surface area contributed by atoms with Crippen LogP contribution in [0.25, 0.3) is 10.6 Å². The number of hydrogen-bond acceptors (Lipinski definition) is 4. The average Bonchev–Trinajstić information content (AvgIpc) is 3.46.